The molecule has 0 N–H and O–H groups in total. The minimum Gasteiger partial charge on any atom is -0.487 e. The molecule has 0 amide bonds. The van der Waals surface area contributed by atoms with E-state index in [4.69, 9.17) is 4.74 Å². The van der Waals surface area contributed by atoms with Crippen LogP contribution in [-0.2, 0) is 6.42 Å². The molecule has 0 spiro atoms. The average Bonchev–Trinajstić information content (AvgIpc) is 2.25. The lowest BCUT2D eigenvalue weighted by Gasteiger charge is -2.53. The third-order valence-corrected chi connectivity index (χ3v) is 5.50. The second-order valence-corrected chi connectivity index (χ2v) is 7.57. The lowest BCUT2D eigenvalue weighted by molar-refractivity contribution is -0.0817. The summed E-state index contributed by atoms with van der Waals surface area (Å²) in [5.41, 5.74) is 4.59. The van der Waals surface area contributed by atoms with Gasteiger partial charge in [-0.05, 0) is 74.6 Å². The van der Waals surface area contributed by atoms with Gasteiger partial charge in [-0.3, -0.25) is 0 Å². The summed E-state index contributed by atoms with van der Waals surface area (Å²) in [4.78, 5) is 0. The number of rotatable bonds is 0. The van der Waals surface area contributed by atoms with Gasteiger partial charge in [0.2, 0.25) is 0 Å². The van der Waals surface area contributed by atoms with Gasteiger partial charge < -0.3 is 4.74 Å². The first-order valence-electron chi connectivity index (χ1n) is 7.61. The summed E-state index contributed by atoms with van der Waals surface area (Å²) in [5.74, 6) is 1.79. The Hall–Kier alpha value is -0.980. The molecule has 1 aromatic carbocycles. The molecule has 104 valence electrons. The fourth-order valence-corrected chi connectivity index (χ4v) is 4.45. The van der Waals surface area contributed by atoms with Crippen LogP contribution in [0, 0.1) is 25.2 Å². The van der Waals surface area contributed by atoms with Crippen molar-refractivity contribution in [3.05, 3.63) is 28.8 Å². The Morgan fingerprint density at radius 2 is 1.84 bits per heavy atom. The number of aryl methyl sites for hydroxylation is 2. The topological polar surface area (TPSA) is 9.23 Å². The maximum atomic E-state index is 6.52. The van der Waals surface area contributed by atoms with Gasteiger partial charge in [-0.1, -0.05) is 19.9 Å². The maximum absolute atomic E-state index is 6.52. The normalized spacial score (nSPS) is 32.2. The van der Waals surface area contributed by atoms with Gasteiger partial charge in [-0.15, -0.1) is 0 Å². The third kappa shape index (κ3) is 1.98. The summed E-state index contributed by atoms with van der Waals surface area (Å²) in [6.07, 6.45) is 5.01. The molecule has 2 aliphatic rings. The van der Waals surface area contributed by atoms with E-state index in [0.29, 0.717) is 11.3 Å². The first kappa shape index (κ1) is 13.0. The monoisotopic (exact) mass is 258 g/mol. The molecule has 19 heavy (non-hydrogen) atoms. The molecule has 0 unspecified atom stereocenters. The SMILES string of the molecule is Cc1cc(C)c2c(c1)O[C@]1(C)CCCC(C)(C)[C@H]1C2. The van der Waals surface area contributed by atoms with Crippen LogP contribution in [0.4, 0.5) is 0 Å². The van der Waals surface area contributed by atoms with Crippen LogP contribution < -0.4 is 4.74 Å². The van der Waals surface area contributed by atoms with Crippen molar-refractivity contribution in [2.45, 2.75) is 65.9 Å². The quantitative estimate of drug-likeness (QED) is 0.648. The summed E-state index contributed by atoms with van der Waals surface area (Å²) < 4.78 is 6.52. The highest BCUT2D eigenvalue weighted by atomic mass is 16.5. The minimum atomic E-state index is 0.0367. The Morgan fingerprint density at radius 1 is 1.11 bits per heavy atom. The lowest BCUT2D eigenvalue weighted by atomic mass is 9.59. The zero-order valence-corrected chi connectivity index (χ0v) is 13.0. The van der Waals surface area contributed by atoms with E-state index in [2.05, 4.69) is 46.8 Å². The van der Waals surface area contributed by atoms with Crippen LogP contribution >= 0.6 is 0 Å². The predicted octanol–water partition coefficient (Wildman–Crippen LogP) is 4.82. The van der Waals surface area contributed by atoms with Crippen molar-refractivity contribution in [2.24, 2.45) is 11.3 Å². The zero-order valence-electron chi connectivity index (χ0n) is 13.0. The summed E-state index contributed by atoms with van der Waals surface area (Å²) in [6.45, 7) is 11.6. The number of benzene rings is 1. The molecule has 1 aromatic rings. The van der Waals surface area contributed by atoms with Crippen molar-refractivity contribution >= 4 is 0 Å². The highest BCUT2D eigenvalue weighted by Crippen LogP contribution is 2.53. The van der Waals surface area contributed by atoms with E-state index in [-0.39, 0.29) is 5.60 Å². The Kier molecular flexibility index (Phi) is 2.75. The molecule has 1 fully saturated rings. The Bertz CT molecular complexity index is 515. The van der Waals surface area contributed by atoms with Crippen LogP contribution in [0.5, 0.6) is 5.75 Å². The number of fused-ring (bicyclic) bond motifs is 2. The molecular formula is C18H26O. The Balaban J connectivity index is 2.08. The summed E-state index contributed by atoms with van der Waals surface area (Å²) in [7, 11) is 0. The maximum Gasteiger partial charge on any atom is 0.123 e. The molecule has 3 rings (SSSR count). The van der Waals surface area contributed by atoms with E-state index in [1.54, 1.807) is 0 Å². The average molecular weight is 258 g/mol. The third-order valence-electron chi connectivity index (χ3n) is 5.50. The van der Waals surface area contributed by atoms with Crippen LogP contribution in [0.2, 0.25) is 0 Å². The second-order valence-electron chi connectivity index (χ2n) is 7.57. The number of hydrogen-bond acceptors (Lipinski definition) is 1. The van der Waals surface area contributed by atoms with Gasteiger partial charge in [0, 0.05) is 5.92 Å². The van der Waals surface area contributed by atoms with Gasteiger partial charge in [0.25, 0.3) is 0 Å². The van der Waals surface area contributed by atoms with Gasteiger partial charge >= 0.3 is 0 Å². The molecule has 0 aromatic heterocycles. The van der Waals surface area contributed by atoms with Gasteiger partial charge in [-0.2, -0.15) is 0 Å². The molecule has 1 aliphatic heterocycles. The molecule has 1 heteroatoms. The molecule has 1 aliphatic carbocycles. The second kappa shape index (κ2) is 4.01. The highest BCUT2D eigenvalue weighted by Gasteiger charge is 2.50. The molecule has 2 atom stereocenters. The van der Waals surface area contributed by atoms with Crippen LogP contribution in [0.25, 0.3) is 0 Å². The van der Waals surface area contributed by atoms with E-state index in [1.807, 2.05) is 0 Å². The minimum absolute atomic E-state index is 0.0367. The molecule has 0 saturated heterocycles. The zero-order chi connectivity index (χ0) is 13.8. The van der Waals surface area contributed by atoms with Crippen LogP contribution in [-0.4, -0.2) is 5.60 Å². The van der Waals surface area contributed by atoms with Crippen LogP contribution in [0.1, 0.15) is 56.7 Å². The highest BCUT2D eigenvalue weighted by molar-refractivity contribution is 5.45. The van der Waals surface area contributed by atoms with Gasteiger partial charge in [0.05, 0.1) is 0 Å². The van der Waals surface area contributed by atoms with Crippen molar-refractivity contribution in [3.8, 4) is 5.75 Å². The summed E-state index contributed by atoms with van der Waals surface area (Å²) >= 11 is 0. The van der Waals surface area contributed by atoms with Crippen LogP contribution in [0.15, 0.2) is 12.1 Å². The molecule has 1 nitrogen and oxygen atoms in total. The first-order chi connectivity index (χ1) is 8.82. The van der Waals surface area contributed by atoms with Crippen molar-refractivity contribution in [1.82, 2.24) is 0 Å². The van der Waals surface area contributed by atoms with E-state index in [9.17, 15) is 0 Å². The van der Waals surface area contributed by atoms with E-state index in [1.165, 1.54) is 42.4 Å². The van der Waals surface area contributed by atoms with Crippen molar-refractivity contribution < 1.29 is 4.74 Å². The number of hydrogen-bond donors (Lipinski definition) is 0. The largest absolute Gasteiger partial charge is 0.487 e. The lowest BCUT2D eigenvalue weighted by Crippen LogP contribution is -2.54. The van der Waals surface area contributed by atoms with Gasteiger partial charge in [-0.25, -0.2) is 0 Å². The van der Waals surface area contributed by atoms with Crippen molar-refractivity contribution in [1.29, 1.82) is 0 Å². The Labute approximate surface area is 117 Å². The van der Waals surface area contributed by atoms with Crippen molar-refractivity contribution in [2.75, 3.05) is 0 Å². The fourth-order valence-electron chi connectivity index (χ4n) is 4.45. The van der Waals surface area contributed by atoms with Gasteiger partial charge in [0.15, 0.2) is 0 Å². The molecular weight excluding hydrogens is 232 g/mol. The Morgan fingerprint density at radius 3 is 2.58 bits per heavy atom. The van der Waals surface area contributed by atoms with E-state index < -0.39 is 0 Å². The standard InChI is InChI=1S/C18H26O/c1-12-9-13(2)14-11-16-17(3,4)7-6-8-18(16,5)19-15(14)10-12/h9-10,16H,6-8,11H2,1-5H3/t16-,18-/m1/s1. The van der Waals surface area contributed by atoms with E-state index in [0.717, 1.165) is 5.75 Å². The predicted molar refractivity (Wildman–Crippen MR) is 79.8 cm³/mol. The first-order valence-corrected chi connectivity index (χ1v) is 7.61. The molecule has 1 saturated carbocycles. The van der Waals surface area contributed by atoms with Crippen LogP contribution in [0.3, 0.4) is 0 Å². The fraction of sp³-hybridized carbons (Fsp3) is 0.667. The molecule has 0 bridgehead atoms. The number of ether oxygens (including phenoxy) is 1. The molecule has 0 radical (unpaired) electrons. The summed E-state index contributed by atoms with van der Waals surface area (Å²) in [5, 5.41) is 0. The van der Waals surface area contributed by atoms with Gasteiger partial charge in [0.1, 0.15) is 11.4 Å². The van der Waals surface area contributed by atoms with E-state index >= 15 is 0 Å². The summed E-state index contributed by atoms with van der Waals surface area (Å²) in [6, 6.07) is 4.52. The van der Waals surface area contributed by atoms with Crippen molar-refractivity contribution in [3.63, 3.8) is 0 Å². The molecule has 1 heterocycles. The smallest absolute Gasteiger partial charge is 0.123 e.